The fourth-order valence-corrected chi connectivity index (χ4v) is 3.15. The molecule has 0 unspecified atom stereocenters. The smallest absolute Gasteiger partial charge is 0.293 e. The number of phenolic OH excluding ortho intramolecular Hbond substituents is 1. The topological polar surface area (TPSA) is 101 Å². The van der Waals surface area contributed by atoms with Gasteiger partial charge in [-0.1, -0.05) is 24.3 Å². The fourth-order valence-electron chi connectivity index (χ4n) is 2.31. The van der Waals surface area contributed by atoms with Crippen molar-refractivity contribution in [3.05, 3.63) is 74.7 Å². The number of rotatable bonds is 4. The molecule has 2 aromatic carbocycles. The Kier molecular flexibility index (Phi) is 4.53. The van der Waals surface area contributed by atoms with Gasteiger partial charge in [-0.15, -0.1) is 0 Å². The van der Waals surface area contributed by atoms with Gasteiger partial charge < -0.3 is 5.11 Å². The molecule has 1 aliphatic heterocycles. The van der Waals surface area contributed by atoms with Crippen LogP contribution in [-0.2, 0) is 11.3 Å². The predicted octanol–water partition coefficient (Wildman–Crippen LogP) is 3.54. The molecule has 0 atom stereocenters. The van der Waals surface area contributed by atoms with Gasteiger partial charge in [-0.05, 0) is 41.1 Å². The first-order valence-electron chi connectivity index (χ1n) is 7.22. The van der Waals surface area contributed by atoms with Crippen LogP contribution in [0.5, 0.6) is 5.75 Å². The molecule has 1 aliphatic rings. The highest BCUT2D eigenvalue weighted by molar-refractivity contribution is 8.18. The monoisotopic (exact) mass is 356 g/mol. The van der Waals surface area contributed by atoms with Gasteiger partial charge in [0.05, 0.1) is 16.4 Å². The third kappa shape index (κ3) is 3.69. The summed E-state index contributed by atoms with van der Waals surface area (Å²) in [5, 5.41) is 19.7. The highest BCUT2D eigenvalue weighted by Gasteiger charge is 2.35. The average molecular weight is 356 g/mol. The van der Waals surface area contributed by atoms with E-state index in [1.807, 2.05) is 0 Å². The molecule has 3 rings (SSSR count). The van der Waals surface area contributed by atoms with E-state index in [9.17, 15) is 24.8 Å². The third-order valence-electron chi connectivity index (χ3n) is 3.53. The summed E-state index contributed by atoms with van der Waals surface area (Å²) >= 11 is 0.818. The van der Waals surface area contributed by atoms with E-state index < -0.39 is 16.1 Å². The van der Waals surface area contributed by atoms with Crippen LogP contribution in [0.1, 0.15) is 11.1 Å². The molecule has 8 heteroatoms. The molecule has 2 aromatic rings. The lowest BCUT2D eigenvalue weighted by Gasteiger charge is -2.12. The number of amides is 2. The number of carbonyl (C=O) groups is 2. The van der Waals surface area contributed by atoms with E-state index in [4.69, 9.17) is 0 Å². The molecule has 1 saturated heterocycles. The van der Waals surface area contributed by atoms with E-state index in [0.717, 1.165) is 16.7 Å². The van der Waals surface area contributed by atoms with Crippen molar-refractivity contribution < 1.29 is 19.6 Å². The molecule has 25 heavy (non-hydrogen) atoms. The molecule has 126 valence electrons. The summed E-state index contributed by atoms with van der Waals surface area (Å²) in [6, 6.07) is 12.0. The molecule has 1 heterocycles. The molecule has 1 fully saturated rings. The standard InChI is InChI=1S/C17H12N2O5S/c20-14-3-1-2-12(8-14)9-15-16(21)18(17(22)25-15)10-11-4-6-13(7-5-11)19(23)24/h1-9,20H,10H2/b15-9+. The highest BCUT2D eigenvalue weighted by Crippen LogP contribution is 2.33. The van der Waals surface area contributed by atoms with E-state index in [0.29, 0.717) is 11.1 Å². The Bertz CT molecular complexity index is 892. The van der Waals surface area contributed by atoms with Gasteiger partial charge in [0.2, 0.25) is 0 Å². The number of nitrogens with zero attached hydrogens (tertiary/aromatic N) is 2. The van der Waals surface area contributed by atoms with E-state index in [-0.39, 0.29) is 22.9 Å². The summed E-state index contributed by atoms with van der Waals surface area (Å²) < 4.78 is 0. The van der Waals surface area contributed by atoms with Crippen LogP contribution in [0.3, 0.4) is 0 Å². The van der Waals surface area contributed by atoms with Crippen molar-refractivity contribution in [1.29, 1.82) is 0 Å². The van der Waals surface area contributed by atoms with Crippen molar-refractivity contribution in [2.24, 2.45) is 0 Å². The summed E-state index contributed by atoms with van der Waals surface area (Å²) in [5.74, 6) is -0.365. The predicted molar refractivity (Wildman–Crippen MR) is 92.7 cm³/mol. The Balaban J connectivity index is 1.78. The van der Waals surface area contributed by atoms with Crippen molar-refractivity contribution in [2.45, 2.75) is 6.54 Å². The number of nitro groups is 1. The fraction of sp³-hybridized carbons (Fsp3) is 0.0588. The molecular formula is C17H12N2O5S. The van der Waals surface area contributed by atoms with E-state index in [1.165, 1.54) is 36.4 Å². The number of benzene rings is 2. The first-order chi connectivity index (χ1) is 11.9. The molecule has 0 aliphatic carbocycles. The second-order valence-corrected chi connectivity index (χ2v) is 6.28. The van der Waals surface area contributed by atoms with Crippen molar-refractivity contribution >= 4 is 34.7 Å². The Morgan fingerprint density at radius 3 is 2.52 bits per heavy atom. The number of imide groups is 1. The van der Waals surface area contributed by atoms with E-state index >= 15 is 0 Å². The number of thioether (sulfide) groups is 1. The molecular weight excluding hydrogens is 344 g/mol. The van der Waals surface area contributed by atoms with Crippen LogP contribution >= 0.6 is 11.8 Å². The first-order valence-corrected chi connectivity index (χ1v) is 8.03. The zero-order valence-electron chi connectivity index (χ0n) is 12.8. The second kappa shape index (κ2) is 6.78. The van der Waals surface area contributed by atoms with Crippen LogP contribution in [0.25, 0.3) is 6.08 Å². The van der Waals surface area contributed by atoms with Crippen LogP contribution in [0.4, 0.5) is 10.5 Å². The van der Waals surface area contributed by atoms with Gasteiger partial charge in [0.25, 0.3) is 16.8 Å². The van der Waals surface area contributed by atoms with Gasteiger partial charge >= 0.3 is 0 Å². The number of carbonyl (C=O) groups excluding carboxylic acids is 2. The molecule has 0 radical (unpaired) electrons. The van der Waals surface area contributed by atoms with Crippen molar-refractivity contribution in [3.63, 3.8) is 0 Å². The summed E-state index contributed by atoms with van der Waals surface area (Å²) in [5.41, 5.74) is 1.18. The largest absolute Gasteiger partial charge is 0.508 e. The van der Waals surface area contributed by atoms with Crippen molar-refractivity contribution in [2.75, 3.05) is 0 Å². The van der Waals surface area contributed by atoms with Crippen molar-refractivity contribution in [1.82, 2.24) is 4.90 Å². The Morgan fingerprint density at radius 2 is 1.88 bits per heavy atom. The summed E-state index contributed by atoms with van der Waals surface area (Å²) in [4.78, 5) is 36.0. The third-order valence-corrected chi connectivity index (χ3v) is 4.44. The maximum Gasteiger partial charge on any atom is 0.293 e. The maximum absolute atomic E-state index is 12.4. The first kappa shape index (κ1) is 16.7. The lowest BCUT2D eigenvalue weighted by molar-refractivity contribution is -0.384. The van der Waals surface area contributed by atoms with Crippen LogP contribution < -0.4 is 0 Å². The van der Waals surface area contributed by atoms with Crippen LogP contribution in [0.15, 0.2) is 53.4 Å². The number of aromatic hydroxyl groups is 1. The number of hydrogen-bond acceptors (Lipinski definition) is 6. The van der Waals surface area contributed by atoms with E-state index in [2.05, 4.69) is 0 Å². The lowest BCUT2D eigenvalue weighted by atomic mass is 10.2. The zero-order valence-corrected chi connectivity index (χ0v) is 13.6. The molecule has 1 N–H and O–H groups in total. The second-order valence-electron chi connectivity index (χ2n) is 5.29. The summed E-state index contributed by atoms with van der Waals surface area (Å²) in [7, 11) is 0. The average Bonchev–Trinajstić information content (AvgIpc) is 2.83. The Morgan fingerprint density at radius 1 is 1.16 bits per heavy atom. The molecule has 0 saturated carbocycles. The van der Waals surface area contributed by atoms with Crippen LogP contribution in [0, 0.1) is 10.1 Å². The minimum Gasteiger partial charge on any atom is -0.508 e. The summed E-state index contributed by atoms with van der Waals surface area (Å²) in [6.45, 7) is 0.0417. The number of non-ortho nitro benzene ring substituents is 1. The summed E-state index contributed by atoms with van der Waals surface area (Å²) in [6.07, 6.45) is 1.54. The Hall–Kier alpha value is -3.13. The van der Waals surface area contributed by atoms with Gasteiger partial charge in [-0.3, -0.25) is 24.6 Å². The Labute approximate surface area is 146 Å². The molecule has 0 bridgehead atoms. The minimum atomic E-state index is -0.512. The number of nitro benzene ring substituents is 1. The molecule has 7 nitrogen and oxygen atoms in total. The normalized spacial score (nSPS) is 15.8. The van der Waals surface area contributed by atoms with Gasteiger partial charge in [-0.2, -0.15) is 0 Å². The van der Waals surface area contributed by atoms with Crippen LogP contribution in [-0.4, -0.2) is 26.1 Å². The quantitative estimate of drug-likeness (QED) is 0.511. The van der Waals surface area contributed by atoms with Gasteiger partial charge in [-0.25, -0.2) is 0 Å². The lowest BCUT2D eigenvalue weighted by Crippen LogP contribution is -2.27. The number of hydrogen-bond donors (Lipinski definition) is 1. The van der Waals surface area contributed by atoms with Gasteiger partial charge in [0.15, 0.2) is 0 Å². The maximum atomic E-state index is 12.4. The SMILES string of the molecule is O=C1S/C(=C/c2cccc(O)c2)C(=O)N1Cc1ccc([N+](=O)[O-])cc1. The van der Waals surface area contributed by atoms with Crippen molar-refractivity contribution in [3.8, 4) is 5.75 Å². The minimum absolute atomic E-state index is 0.0417. The highest BCUT2D eigenvalue weighted by atomic mass is 32.2. The van der Waals surface area contributed by atoms with E-state index in [1.54, 1.807) is 18.2 Å². The molecule has 0 aromatic heterocycles. The van der Waals surface area contributed by atoms with Gasteiger partial charge in [0.1, 0.15) is 5.75 Å². The zero-order chi connectivity index (χ0) is 18.0. The molecule has 2 amide bonds. The molecule has 0 spiro atoms. The van der Waals surface area contributed by atoms with Gasteiger partial charge in [0, 0.05) is 12.1 Å². The van der Waals surface area contributed by atoms with Crippen LogP contribution in [0.2, 0.25) is 0 Å². The number of phenols is 1.